The Labute approximate surface area is 132 Å². The molecule has 3 nitrogen and oxygen atoms in total. The van der Waals surface area contributed by atoms with Crippen molar-refractivity contribution in [3.63, 3.8) is 0 Å². The van der Waals surface area contributed by atoms with Gasteiger partial charge in [-0.2, -0.15) is 0 Å². The van der Waals surface area contributed by atoms with Crippen LogP contribution in [0.3, 0.4) is 0 Å². The lowest BCUT2D eigenvalue weighted by Gasteiger charge is -2.33. The first kappa shape index (κ1) is 14.8. The van der Waals surface area contributed by atoms with Crippen molar-refractivity contribution in [2.45, 2.75) is 32.1 Å². The van der Waals surface area contributed by atoms with Gasteiger partial charge in [-0.3, -0.25) is 9.78 Å². The summed E-state index contributed by atoms with van der Waals surface area (Å²) in [7, 11) is 0. The number of benzene rings is 1. The first-order valence-corrected chi connectivity index (χ1v) is 7.95. The summed E-state index contributed by atoms with van der Waals surface area (Å²) in [5.74, 6) is 0.693. The van der Waals surface area contributed by atoms with Gasteiger partial charge in [0.25, 0.3) is 0 Å². The summed E-state index contributed by atoms with van der Waals surface area (Å²) in [6, 6.07) is 12.5. The van der Waals surface area contributed by atoms with E-state index in [0.29, 0.717) is 12.3 Å². The van der Waals surface area contributed by atoms with Gasteiger partial charge in [-0.15, -0.1) is 0 Å². The molecular weight excluding hydrogens is 272 g/mol. The van der Waals surface area contributed by atoms with E-state index in [2.05, 4.69) is 36.2 Å². The molecule has 1 aliphatic heterocycles. The Hall–Kier alpha value is -2.16. The van der Waals surface area contributed by atoms with E-state index in [9.17, 15) is 4.79 Å². The molecule has 1 atom stereocenters. The average molecular weight is 294 g/mol. The summed E-state index contributed by atoms with van der Waals surface area (Å²) >= 11 is 0. The molecule has 0 N–H and O–H groups in total. The van der Waals surface area contributed by atoms with Crippen molar-refractivity contribution in [1.29, 1.82) is 0 Å². The molecule has 22 heavy (non-hydrogen) atoms. The van der Waals surface area contributed by atoms with Gasteiger partial charge >= 0.3 is 0 Å². The fourth-order valence-electron chi connectivity index (χ4n) is 3.19. The molecule has 1 aromatic carbocycles. The molecule has 0 saturated carbocycles. The smallest absolute Gasteiger partial charge is 0.227 e. The molecule has 2 heterocycles. The molecule has 0 bridgehead atoms. The molecule has 1 amide bonds. The molecule has 0 radical (unpaired) electrons. The van der Waals surface area contributed by atoms with Crippen LogP contribution in [0.25, 0.3) is 0 Å². The van der Waals surface area contributed by atoms with Crippen LogP contribution in [0.1, 0.15) is 35.4 Å². The highest BCUT2D eigenvalue weighted by Gasteiger charge is 2.24. The normalized spacial score (nSPS) is 18.2. The van der Waals surface area contributed by atoms with Crippen molar-refractivity contribution >= 4 is 5.91 Å². The number of hydrogen-bond donors (Lipinski definition) is 0. The van der Waals surface area contributed by atoms with Crippen LogP contribution in [-0.4, -0.2) is 28.9 Å². The van der Waals surface area contributed by atoms with Gasteiger partial charge in [0.15, 0.2) is 0 Å². The number of aryl methyl sites for hydroxylation is 1. The SMILES string of the molecule is Cc1cccc(C2CCCN(C(=O)Cc3ccncc3)C2)c1. The fraction of sp³-hybridized carbons (Fsp3) is 0.368. The van der Waals surface area contributed by atoms with E-state index in [1.54, 1.807) is 12.4 Å². The number of amides is 1. The third kappa shape index (κ3) is 3.53. The van der Waals surface area contributed by atoms with Crippen LogP contribution in [-0.2, 0) is 11.2 Å². The summed E-state index contributed by atoms with van der Waals surface area (Å²) in [6.45, 7) is 3.85. The maximum atomic E-state index is 12.5. The number of carbonyl (C=O) groups is 1. The van der Waals surface area contributed by atoms with Crippen LogP contribution in [0.4, 0.5) is 0 Å². The highest BCUT2D eigenvalue weighted by Crippen LogP contribution is 2.27. The van der Waals surface area contributed by atoms with E-state index in [4.69, 9.17) is 0 Å². The number of aromatic nitrogens is 1. The third-order valence-corrected chi connectivity index (χ3v) is 4.39. The number of hydrogen-bond acceptors (Lipinski definition) is 2. The van der Waals surface area contributed by atoms with Crippen LogP contribution in [0.15, 0.2) is 48.8 Å². The second kappa shape index (κ2) is 6.73. The molecule has 1 aliphatic rings. The van der Waals surface area contributed by atoms with E-state index in [1.165, 1.54) is 17.5 Å². The van der Waals surface area contributed by atoms with Gasteiger partial charge in [0.2, 0.25) is 5.91 Å². The largest absolute Gasteiger partial charge is 0.342 e. The van der Waals surface area contributed by atoms with Crippen LogP contribution >= 0.6 is 0 Å². The summed E-state index contributed by atoms with van der Waals surface area (Å²) in [5.41, 5.74) is 3.69. The monoisotopic (exact) mass is 294 g/mol. The number of carbonyl (C=O) groups excluding carboxylic acids is 1. The number of piperidine rings is 1. The molecule has 0 spiro atoms. The highest BCUT2D eigenvalue weighted by molar-refractivity contribution is 5.78. The molecule has 1 unspecified atom stereocenters. The minimum Gasteiger partial charge on any atom is -0.342 e. The Morgan fingerprint density at radius 2 is 2.09 bits per heavy atom. The molecule has 1 fully saturated rings. The lowest BCUT2D eigenvalue weighted by molar-refractivity contribution is -0.131. The van der Waals surface area contributed by atoms with E-state index in [0.717, 1.165) is 25.1 Å². The third-order valence-electron chi connectivity index (χ3n) is 4.39. The van der Waals surface area contributed by atoms with Gasteiger partial charge < -0.3 is 4.90 Å². The second-order valence-corrected chi connectivity index (χ2v) is 6.13. The molecule has 0 aliphatic carbocycles. The summed E-state index contributed by atoms with van der Waals surface area (Å²) in [5, 5.41) is 0. The van der Waals surface area contributed by atoms with Gasteiger partial charge in [0, 0.05) is 31.4 Å². The minimum absolute atomic E-state index is 0.226. The van der Waals surface area contributed by atoms with Gasteiger partial charge in [-0.1, -0.05) is 29.8 Å². The Morgan fingerprint density at radius 3 is 2.86 bits per heavy atom. The molecular formula is C19H22N2O. The van der Waals surface area contributed by atoms with Gasteiger partial charge in [0.05, 0.1) is 6.42 Å². The second-order valence-electron chi connectivity index (χ2n) is 6.13. The minimum atomic E-state index is 0.226. The Kier molecular flexibility index (Phi) is 4.52. The number of nitrogens with zero attached hydrogens (tertiary/aromatic N) is 2. The van der Waals surface area contributed by atoms with Crippen molar-refractivity contribution in [1.82, 2.24) is 9.88 Å². The Balaban J connectivity index is 1.66. The number of likely N-dealkylation sites (tertiary alicyclic amines) is 1. The molecule has 114 valence electrons. The Morgan fingerprint density at radius 1 is 1.27 bits per heavy atom. The van der Waals surface area contributed by atoms with Crippen LogP contribution in [0.2, 0.25) is 0 Å². The molecule has 3 heteroatoms. The van der Waals surface area contributed by atoms with Crippen molar-refractivity contribution in [3.05, 3.63) is 65.5 Å². The topological polar surface area (TPSA) is 33.2 Å². The predicted molar refractivity (Wildman–Crippen MR) is 87.7 cm³/mol. The molecule has 1 saturated heterocycles. The van der Waals surface area contributed by atoms with Gasteiger partial charge in [-0.25, -0.2) is 0 Å². The quantitative estimate of drug-likeness (QED) is 0.870. The molecule has 1 aromatic heterocycles. The van der Waals surface area contributed by atoms with Gasteiger partial charge in [-0.05, 0) is 43.0 Å². The maximum absolute atomic E-state index is 12.5. The molecule has 2 aromatic rings. The van der Waals surface area contributed by atoms with E-state index in [1.807, 2.05) is 17.0 Å². The summed E-state index contributed by atoms with van der Waals surface area (Å²) < 4.78 is 0. The van der Waals surface area contributed by atoms with E-state index < -0.39 is 0 Å². The average Bonchev–Trinajstić information content (AvgIpc) is 2.56. The lowest BCUT2D eigenvalue weighted by atomic mass is 9.89. The fourth-order valence-corrected chi connectivity index (χ4v) is 3.19. The number of pyridine rings is 1. The standard InChI is InChI=1S/C19H22N2O/c1-15-4-2-5-17(12-15)18-6-3-11-21(14-18)19(22)13-16-7-9-20-10-8-16/h2,4-5,7-10,12,18H,3,6,11,13-14H2,1H3. The zero-order chi connectivity index (χ0) is 15.4. The van der Waals surface area contributed by atoms with Crippen molar-refractivity contribution in [2.24, 2.45) is 0 Å². The maximum Gasteiger partial charge on any atom is 0.227 e. The van der Waals surface area contributed by atoms with Crippen LogP contribution in [0, 0.1) is 6.92 Å². The first-order chi connectivity index (χ1) is 10.7. The van der Waals surface area contributed by atoms with Gasteiger partial charge in [0.1, 0.15) is 0 Å². The zero-order valence-electron chi connectivity index (χ0n) is 13.0. The zero-order valence-corrected chi connectivity index (χ0v) is 13.0. The van der Waals surface area contributed by atoms with Crippen molar-refractivity contribution < 1.29 is 4.79 Å². The van der Waals surface area contributed by atoms with Crippen LogP contribution < -0.4 is 0 Å². The van der Waals surface area contributed by atoms with Crippen LogP contribution in [0.5, 0.6) is 0 Å². The predicted octanol–water partition coefficient (Wildman–Crippen LogP) is 3.34. The summed E-state index contributed by atoms with van der Waals surface area (Å²) in [4.78, 5) is 18.5. The lowest BCUT2D eigenvalue weighted by Crippen LogP contribution is -2.39. The van der Waals surface area contributed by atoms with Crippen molar-refractivity contribution in [3.8, 4) is 0 Å². The number of rotatable bonds is 3. The van der Waals surface area contributed by atoms with E-state index in [-0.39, 0.29) is 5.91 Å². The highest BCUT2D eigenvalue weighted by atomic mass is 16.2. The molecule has 3 rings (SSSR count). The van der Waals surface area contributed by atoms with E-state index >= 15 is 0 Å². The Bertz CT molecular complexity index is 639. The van der Waals surface area contributed by atoms with Crippen molar-refractivity contribution in [2.75, 3.05) is 13.1 Å². The first-order valence-electron chi connectivity index (χ1n) is 7.95. The summed E-state index contributed by atoms with van der Waals surface area (Å²) in [6.07, 6.45) is 6.22.